The highest BCUT2D eigenvalue weighted by Crippen LogP contribution is 2.52. The molecule has 1 aromatic rings. The number of nitrogens with one attached hydrogen (secondary N) is 2. The van der Waals surface area contributed by atoms with Gasteiger partial charge in [0.2, 0.25) is 0 Å². The standard InChI is InChI=1S/C21H19N5O2/c1-13(27)28-15-5-3-14(4-6-15)19-18-10-26(2)8-7-16(18)17(9-22)20(25)21(19,11-23)12-24/h3-7,17-19,25H,8,10H2,1-2H3/p+1/t17-,18+,19-/m1/s1. The molecule has 7 nitrogen and oxygen atoms in total. The molecule has 28 heavy (non-hydrogen) atoms. The van der Waals surface area contributed by atoms with Crippen LogP contribution in [0.4, 0.5) is 0 Å². The lowest BCUT2D eigenvalue weighted by atomic mass is 9.54. The average molecular weight is 374 g/mol. The largest absolute Gasteiger partial charge is 0.427 e. The first kappa shape index (κ1) is 19.3. The van der Waals surface area contributed by atoms with Gasteiger partial charge < -0.3 is 15.0 Å². The molecule has 1 saturated carbocycles. The molecule has 0 saturated heterocycles. The van der Waals surface area contributed by atoms with Gasteiger partial charge in [-0.15, -0.1) is 0 Å². The van der Waals surface area contributed by atoms with E-state index in [4.69, 9.17) is 10.1 Å². The Hall–Kier alpha value is -3.47. The molecule has 7 heteroatoms. The molecule has 2 aliphatic rings. The van der Waals surface area contributed by atoms with Crippen molar-refractivity contribution in [2.75, 3.05) is 20.1 Å². The molecular weight excluding hydrogens is 354 g/mol. The van der Waals surface area contributed by atoms with Crippen molar-refractivity contribution in [2.45, 2.75) is 12.8 Å². The minimum absolute atomic E-state index is 0.156. The number of quaternary nitrogens is 1. The Bertz CT molecular complexity index is 960. The van der Waals surface area contributed by atoms with Gasteiger partial charge in [0.15, 0.2) is 5.41 Å². The van der Waals surface area contributed by atoms with Crippen molar-refractivity contribution in [3.63, 3.8) is 0 Å². The first-order valence-corrected chi connectivity index (χ1v) is 8.98. The lowest BCUT2D eigenvalue weighted by Gasteiger charge is -2.46. The maximum absolute atomic E-state index is 11.2. The second-order valence-corrected chi connectivity index (χ2v) is 7.32. The third-order valence-electron chi connectivity index (χ3n) is 5.58. The SMILES string of the molecule is CC(=O)Oc1ccc([C@@H]2[C@H]3C[NH+](C)CC=C3[C@@H](C#N)C(=N)C2(C#N)C#N)cc1. The molecule has 4 atom stereocenters. The smallest absolute Gasteiger partial charge is 0.308 e. The van der Waals surface area contributed by atoms with Crippen LogP contribution in [-0.4, -0.2) is 31.8 Å². The quantitative estimate of drug-likeness (QED) is 0.453. The third-order valence-corrected chi connectivity index (χ3v) is 5.58. The van der Waals surface area contributed by atoms with Crippen molar-refractivity contribution < 1.29 is 14.4 Å². The normalized spacial score (nSPS) is 28.0. The van der Waals surface area contributed by atoms with Gasteiger partial charge >= 0.3 is 5.97 Å². The fourth-order valence-corrected chi connectivity index (χ4v) is 4.34. The second-order valence-electron chi connectivity index (χ2n) is 7.32. The molecular formula is C21H20N5O2+. The van der Waals surface area contributed by atoms with Crippen LogP contribution in [0.25, 0.3) is 0 Å². The van der Waals surface area contributed by atoms with Crippen LogP contribution in [-0.2, 0) is 4.79 Å². The van der Waals surface area contributed by atoms with E-state index in [-0.39, 0.29) is 11.6 Å². The van der Waals surface area contributed by atoms with Gasteiger partial charge in [-0.25, -0.2) is 0 Å². The van der Waals surface area contributed by atoms with E-state index in [0.29, 0.717) is 17.9 Å². The van der Waals surface area contributed by atoms with E-state index in [1.807, 2.05) is 13.1 Å². The Morgan fingerprint density at radius 3 is 2.43 bits per heavy atom. The van der Waals surface area contributed by atoms with Crippen molar-refractivity contribution in [2.24, 2.45) is 17.3 Å². The van der Waals surface area contributed by atoms with E-state index >= 15 is 0 Å². The number of hydrogen-bond donors (Lipinski definition) is 2. The molecule has 1 unspecified atom stereocenters. The van der Waals surface area contributed by atoms with E-state index in [2.05, 4.69) is 18.2 Å². The number of nitriles is 3. The Labute approximate surface area is 163 Å². The number of hydrogen-bond acceptors (Lipinski definition) is 6. The zero-order valence-electron chi connectivity index (χ0n) is 15.7. The molecule has 1 aliphatic carbocycles. The second kappa shape index (κ2) is 7.27. The van der Waals surface area contributed by atoms with Crippen LogP contribution in [0.2, 0.25) is 0 Å². The summed E-state index contributed by atoms with van der Waals surface area (Å²) in [6.07, 6.45) is 1.98. The lowest BCUT2D eigenvalue weighted by Crippen LogP contribution is -3.10. The molecule has 2 N–H and O–H groups in total. The van der Waals surface area contributed by atoms with Crippen molar-refractivity contribution in [3.8, 4) is 24.0 Å². The summed E-state index contributed by atoms with van der Waals surface area (Å²) < 4.78 is 5.07. The topological polar surface area (TPSA) is 126 Å². The van der Waals surface area contributed by atoms with Gasteiger partial charge in [0.05, 0.1) is 44.1 Å². The maximum atomic E-state index is 11.2. The number of carbonyl (C=O) groups excluding carboxylic acids is 1. The zero-order valence-corrected chi connectivity index (χ0v) is 15.7. The highest BCUT2D eigenvalue weighted by molar-refractivity contribution is 6.00. The minimum atomic E-state index is -1.72. The summed E-state index contributed by atoms with van der Waals surface area (Å²) in [5.74, 6) is -1.69. The van der Waals surface area contributed by atoms with Crippen LogP contribution in [0.15, 0.2) is 35.9 Å². The van der Waals surface area contributed by atoms with Gasteiger partial charge in [-0.3, -0.25) is 4.79 Å². The number of rotatable bonds is 2. The van der Waals surface area contributed by atoms with Crippen molar-refractivity contribution >= 4 is 11.7 Å². The van der Waals surface area contributed by atoms with E-state index in [1.165, 1.54) is 11.8 Å². The summed E-state index contributed by atoms with van der Waals surface area (Å²) in [5.41, 5.74) is -0.335. The summed E-state index contributed by atoms with van der Waals surface area (Å²) in [6.45, 7) is 2.72. The van der Waals surface area contributed by atoms with Crippen LogP contribution in [0, 0.1) is 56.7 Å². The number of esters is 1. The number of nitrogens with zero attached hydrogens (tertiary/aromatic N) is 3. The minimum Gasteiger partial charge on any atom is -0.427 e. The summed E-state index contributed by atoms with van der Waals surface area (Å²) in [7, 11) is 2.02. The van der Waals surface area contributed by atoms with Crippen LogP contribution >= 0.6 is 0 Å². The molecule has 0 bridgehead atoms. The highest BCUT2D eigenvalue weighted by atomic mass is 16.5. The number of benzene rings is 1. The molecule has 1 heterocycles. The summed E-state index contributed by atoms with van der Waals surface area (Å²) in [5, 5.41) is 38.2. The van der Waals surface area contributed by atoms with Gasteiger partial charge in [0.25, 0.3) is 0 Å². The fourth-order valence-electron chi connectivity index (χ4n) is 4.34. The first-order valence-electron chi connectivity index (χ1n) is 8.98. The molecule has 3 rings (SSSR count). The van der Waals surface area contributed by atoms with Crippen molar-refractivity contribution in [1.82, 2.24) is 0 Å². The molecule has 140 valence electrons. The zero-order chi connectivity index (χ0) is 20.5. The first-order chi connectivity index (χ1) is 13.4. The maximum Gasteiger partial charge on any atom is 0.308 e. The molecule has 0 amide bonds. The Balaban J connectivity index is 2.16. The molecule has 0 radical (unpaired) electrons. The third kappa shape index (κ3) is 2.95. The molecule has 1 aliphatic heterocycles. The molecule has 0 spiro atoms. The molecule has 1 aromatic carbocycles. The van der Waals surface area contributed by atoms with Gasteiger partial charge in [-0.1, -0.05) is 12.1 Å². The summed E-state index contributed by atoms with van der Waals surface area (Å²) in [4.78, 5) is 12.4. The van der Waals surface area contributed by atoms with Crippen LogP contribution < -0.4 is 9.64 Å². The van der Waals surface area contributed by atoms with Gasteiger partial charge in [0, 0.05) is 18.8 Å². The Morgan fingerprint density at radius 2 is 1.89 bits per heavy atom. The van der Waals surface area contributed by atoms with E-state index in [0.717, 1.165) is 12.1 Å². The average Bonchev–Trinajstić information content (AvgIpc) is 2.68. The Morgan fingerprint density at radius 1 is 1.25 bits per heavy atom. The highest BCUT2D eigenvalue weighted by Gasteiger charge is 2.58. The van der Waals surface area contributed by atoms with E-state index < -0.39 is 23.2 Å². The van der Waals surface area contributed by atoms with Crippen LogP contribution in [0.5, 0.6) is 5.75 Å². The predicted molar refractivity (Wildman–Crippen MR) is 99.2 cm³/mol. The molecule has 0 aromatic heterocycles. The van der Waals surface area contributed by atoms with Crippen LogP contribution in [0.1, 0.15) is 18.4 Å². The van der Waals surface area contributed by atoms with Gasteiger partial charge in [0.1, 0.15) is 11.7 Å². The number of fused-ring (bicyclic) bond motifs is 1. The summed E-state index contributed by atoms with van der Waals surface area (Å²) in [6, 6.07) is 13.0. The van der Waals surface area contributed by atoms with Gasteiger partial charge in [-0.05, 0) is 29.3 Å². The Kier molecular flexibility index (Phi) is 5.01. The molecule has 1 fully saturated rings. The van der Waals surface area contributed by atoms with E-state index in [9.17, 15) is 20.6 Å². The van der Waals surface area contributed by atoms with Gasteiger partial charge in [-0.2, -0.15) is 15.8 Å². The number of ether oxygens (including phenoxy) is 1. The monoisotopic (exact) mass is 374 g/mol. The lowest BCUT2D eigenvalue weighted by molar-refractivity contribution is -0.878. The number of likely N-dealkylation sites (N-methyl/N-ethyl adjacent to an activating group) is 1. The summed E-state index contributed by atoms with van der Waals surface area (Å²) >= 11 is 0. The number of carbonyl (C=O) groups is 1. The fraction of sp³-hybridized carbons (Fsp3) is 0.381. The van der Waals surface area contributed by atoms with E-state index in [1.54, 1.807) is 24.3 Å². The van der Waals surface area contributed by atoms with Crippen LogP contribution in [0.3, 0.4) is 0 Å². The predicted octanol–water partition coefficient (Wildman–Crippen LogP) is 0.973. The van der Waals surface area contributed by atoms with Crippen molar-refractivity contribution in [1.29, 1.82) is 21.2 Å². The van der Waals surface area contributed by atoms with Crippen molar-refractivity contribution in [3.05, 3.63) is 41.5 Å².